The lowest BCUT2D eigenvalue weighted by molar-refractivity contribution is 0.213. The van der Waals surface area contributed by atoms with E-state index in [1.54, 1.807) is 6.07 Å². The van der Waals surface area contributed by atoms with Crippen LogP contribution in [0.3, 0.4) is 0 Å². The van der Waals surface area contributed by atoms with Crippen LogP contribution >= 0.6 is 0 Å². The molecule has 1 fully saturated rings. The molecule has 0 N–H and O–H groups in total. The highest BCUT2D eigenvalue weighted by molar-refractivity contribution is 5.56. The molecule has 1 radical (unpaired) electrons. The van der Waals surface area contributed by atoms with Gasteiger partial charge in [-0.15, -0.1) is 0 Å². The van der Waals surface area contributed by atoms with Gasteiger partial charge in [0.2, 0.25) is 0 Å². The Hall–Kier alpha value is -1.97. The molecule has 139 valence electrons. The van der Waals surface area contributed by atoms with Gasteiger partial charge in [-0.1, -0.05) is 19.8 Å². The van der Waals surface area contributed by atoms with Crippen LogP contribution < -0.4 is 4.74 Å². The Morgan fingerprint density at radius 2 is 1.88 bits per heavy atom. The summed E-state index contributed by atoms with van der Waals surface area (Å²) >= 11 is 0. The van der Waals surface area contributed by atoms with Crippen LogP contribution in [-0.2, 0) is 6.42 Å². The first-order chi connectivity index (χ1) is 12.8. The maximum atomic E-state index is 14.4. The van der Waals surface area contributed by atoms with Crippen LogP contribution in [0.4, 0.5) is 4.39 Å². The predicted molar refractivity (Wildman–Crippen MR) is 102 cm³/mol. The third kappa shape index (κ3) is 5.26. The SMILES string of the molecule is CCCCCc1cnc(-c2ccc(OCC3CC[CH]CC3)c(F)c2)nc1. The van der Waals surface area contributed by atoms with Gasteiger partial charge >= 0.3 is 0 Å². The molecule has 0 unspecified atom stereocenters. The monoisotopic (exact) mass is 355 g/mol. The largest absolute Gasteiger partial charge is 0.490 e. The topological polar surface area (TPSA) is 35.0 Å². The average molecular weight is 355 g/mol. The summed E-state index contributed by atoms with van der Waals surface area (Å²) in [5, 5.41) is 0. The van der Waals surface area contributed by atoms with E-state index in [0.717, 1.165) is 44.1 Å². The quantitative estimate of drug-likeness (QED) is 0.562. The first-order valence-corrected chi connectivity index (χ1v) is 9.81. The number of hydrogen-bond donors (Lipinski definition) is 0. The van der Waals surface area contributed by atoms with E-state index >= 15 is 0 Å². The molecular weight excluding hydrogens is 327 g/mol. The Morgan fingerprint density at radius 3 is 2.58 bits per heavy atom. The third-order valence-corrected chi connectivity index (χ3v) is 5.00. The number of hydrogen-bond acceptors (Lipinski definition) is 3. The van der Waals surface area contributed by atoms with Crippen molar-refractivity contribution in [2.24, 2.45) is 5.92 Å². The minimum Gasteiger partial charge on any atom is -0.490 e. The Morgan fingerprint density at radius 1 is 1.12 bits per heavy atom. The van der Waals surface area contributed by atoms with Crippen molar-refractivity contribution in [1.29, 1.82) is 0 Å². The van der Waals surface area contributed by atoms with E-state index in [1.165, 1.54) is 18.9 Å². The summed E-state index contributed by atoms with van der Waals surface area (Å²) in [6.45, 7) is 2.78. The van der Waals surface area contributed by atoms with Gasteiger partial charge in [0.05, 0.1) is 6.61 Å². The molecule has 2 aromatic rings. The lowest BCUT2D eigenvalue weighted by Crippen LogP contribution is -2.15. The third-order valence-electron chi connectivity index (χ3n) is 5.00. The van der Waals surface area contributed by atoms with Gasteiger partial charge in [0, 0.05) is 18.0 Å². The summed E-state index contributed by atoms with van der Waals surface area (Å²) in [6, 6.07) is 4.99. The van der Waals surface area contributed by atoms with E-state index < -0.39 is 0 Å². The normalized spacial score (nSPS) is 15.2. The van der Waals surface area contributed by atoms with Crippen molar-refractivity contribution in [3.63, 3.8) is 0 Å². The Kier molecular flexibility index (Phi) is 6.98. The van der Waals surface area contributed by atoms with E-state index in [9.17, 15) is 4.39 Å². The fourth-order valence-corrected chi connectivity index (χ4v) is 3.34. The Labute approximate surface area is 156 Å². The van der Waals surface area contributed by atoms with Crippen LogP contribution in [0.5, 0.6) is 5.75 Å². The molecule has 1 aromatic carbocycles. The summed E-state index contributed by atoms with van der Waals surface area (Å²) in [5.74, 6) is 1.06. The number of rotatable bonds is 8. The van der Waals surface area contributed by atoms with Gasteiger partial charge in [-0.2, -0.15) is 0 Å². The molecule has 0 atom stereocenters. The lowest BCUT2D eigenvalue weighted by atomic mass is 9.90. The minimum absolute atomic E-state index is 0.319. The highest BCUT2D eigenvalue weighted by Crippen LogP contribution is 2.27. The summed E-state index contributed by atoms with van der Waals surface area (Å²) < 4.78 is 20.1. The highest BCUT2D eigenvalue weighted by Gasteiger charge is 2.15. The van der Waals surface area contributed by atoms with Crippen LogP contribution in [0, 0.1) is 18.2 Å². The highest BCUT2D eigenvalue weighted by atomic mass is 19.1. The summed E-state index contributed by atoms with van der Waals surface area (Å²) in [6.07, 6.45) is 15.1. The average Bonchev–Trinajstić information content (AvgIpc) is 2.68. The smallest absolute Gasteiger partial charge is 0.165 e. The standard InChI is InChI=1S/C22H28FN2O/c1-2-3-5-10-18-14-24-22(25-15-18)19-11-12-21(20(23)13-19)26-16-17-8-6-4-7-9-17/h4,11-15,17H,2-3,5-10,16H2,1H3. The van der Waals surface area contributed by atoms with E-state index in [0.29, 0.717) is 29.7 Å². The van der Waals surface area contributed by atoms with Crippen molar-refractivity contribution in [2.45, 2.75) is 58.3 Å². The van der Waals surface area contributed by atoms with Gasteiger partial charge < -0.3 is 4.74 Å². The summed E-state index contributed by atoms with van der Waals surface area (Å²) in [7, 11) is 0. The second-order valence-corrected chi connectivity index (χ2v) is 7.14. The molecule has 0 aliphatic heterocycles. The van der Waals surface area contributed by atoms with Gasteiger partial charge in [-0.05, 0) is 74.6 Å². The molecular formula is C22H28FN2O. The molecule has 1 heterocycles. The van der Waals surface area contributed by atoms with Crippen molar-refractivity contribution in [2.75, 3.05) is 6.61 Å². The number of benzene rings is 1. The molecule has 26 heavy (non-hydrogen) atoms. The van der Waals surface area contributed by atoms with E-state index in [-0.39, 0.29) is 5.82 Å². The van der Waals surface area contributed by atoms with Crippen molar-refractivity contribution in [3.8, 4) is 17.1 Å². The number of nitrogens with zero attached hydrogens (tertiary/aromatic N) is 2. The van der Waals surface area contributed by atoms with Crippen molar-refractivity contribution in [3.05, 3.63) is 48.4 Å². The van der Waals surface area contributed by atoms with Crippen LogP contribution in [-0.4, -0.2) is 16.6 Å². The molecule has 0 amide bonds. The van der Waals surface area contributed by atoms with Crippen molar-refractivity contribution in [1.82, 2.24) is 9.97 Å². The molecule has 0 saturated heterocycles. The fourth-order valence-electron chi connectivity index (χ4n) is 3.34. The summed E-state index contributed by atoms with van der Waals surface area (Å²) in [4.78, 5) is 8.79. The van der Waals surface area contributed by atoms with Gasteiger partial charge in [-0.3, -0.25) is 0 Å². The Bertz CT molecular complexity index is 681. The maximum Gasteiger partial charge on any atom is 0.165 e. The first-order valence-electron chi connectivity index (χ1n) is 9.81. The van der Waals surface area contributed by atoms with Crippen LogP contribution in [0.25, 0.3) is 11.4 Å². The number of aromatic nitrogens is 2. The maximum absolute atomic E-state index is 14.4. The molecule has 0 bridgehead atoms. The van der Waals surface area contributed by atoms with Gasteiger partial charge in [0.25, 0.3) is 0 Å². The van der Waals surface area contributed by atoms with Crippen LogP contribution in [0.1, 0.15) is 57.4 Å². The van der Waals surface area contributed by atoms with E-state index in [2.05, 4.69) is 23.3 Å². The molecule has 1 aromatic heterocycles. The molecule has 1 aliphatic rings. The fraction of sp³-hybridized carbons (Fsp3) is 0.500. The molecule has 0 spiro atoms. The lowest BCUT2D eigenvalue weighted by Gasteiger charge is -2.21. The van der Waals surface area contributed by atoms with Gasteiger partial charge in [0.15, 0.2) is 17.4 Å². The van der Waals surface area contributed by atoms with Crippen LogP contribution in [0.15, 0.2) is 30.6 Å². The zero-order valence-electron chi connectivity index (χ0n) is 15.6. The van der Waals surface area contributed by atoms with Gasteiger partial charge in [0.1, 0.15) is 0 Å². The molecule has 1 aliphatic carbocycles. The molecule has 1 saturated carbocycles. The molecule has 3 rings (SSSR count). The van der Waals surface area contributed by atoms with Crippen LogP contribution in [0.2, 0.25) is 0 Å². The zero-order valence-corrected chi connectivity index (χ0v) is 15.6. The predicted octanol–water partition coefficient (Wildman–Crippen LogP) is 5.79. The number of ether oxygens (including phenoxy) is 1. The summed E-state index contributed by atoms with van der Waals surface area (Å²) in [5.41, 5.74) is 1.81. The second kappa shape index (κ2) is 9.65. The second-order valence-electron chi connectivity index (χ2n) is 7.14. The molecule has 3 nitrogen and oxygen atoms in total. The van der Waals surface area contributed by atoms with Gasteiger partial charge in [-0.25, -0.2) is 14.4 Å². The Balaban J connectivity index is 1.59. The van der Waals surface area contributed by atoms with Crippen molar-refractivity contribution < 1.29 is 9.13 Å². The molecule has 4 heteroatoms. The van der Waals surface area contributed by atoms with E-state index in [1.807, 2.05) is 18.5 Å². The number of halogens is 1. The van der Waals surface area contributed by atoms with E-state index in [4.69, 9.17) is 4.74 Å². The zero-order chi connectivity index (χ0) is 18.2. The number of unbranched alkanes of at least 4 members (excludes halogenated alkanes) is 2. The first kappa shape index (κ1) is 18.8. The minimum atomic E-state index is -0.347. The van der Waals surface area contributed by atoms with Crippen molar-refractivity contribution >= 4 is 0 Å². The number of aryl methyl sites for hydroxylation is 1.